The van der Waals surface area contributed by atoms with Crippen LogP contribution >= 0.6 is 0 Å². The number of nitrogens with zero attached hydrogens (tertiary/aromatic N) is 2. The topological polar surface area (TPSA) is 70.1 Å². The van der Waals surface area contributed by atoms with Crippen molar-refractivity contribution in [3.8, 4) is 6.07 Å². The van der Waals surface area contributed by atoms with Crippen LogP contribution in [0.1, 0.15) is 30.9 Å². The summed E-state index contributed by atoms with van der Waals surface area (Å²) in [4.78, 5) is 13.4. The van der Waals surface area contributed by atoms with Crippen LogP contribution < -0.4 is 5.73 Å². The predicted molar refractivity (Wildman–Crippen MR) is 72.9 cm³/mol. The maximum atomic E-state index is 13.8. The summed E-state index contributed by atoms with van der Waals surface area (Å²) in [5.74, 6) is -0.793. The second-order valence-corrected chi connectivity index (χ2v) is 5.37. The van der Waals surface area contributed by atoms with E-state index in [9.17, 15) is 9.18 Å². The van der Waals surface area contributed by atoms with Gasteiger partial charge in [0.1, 0.15) is 5.82 Å². The highest BCUT2D eigenvalue weighted by atomic mass is 19.1. The van der Waals surface area contributed by atoms with Gasteiger partial charge in [0, 0.05) is 24.7 Å². The van der Waals surface area contributed by atoms with Gasteiger partial charge < -0.3 is 5.73 Å². The SMILES string of the molecule is CC1CCC(C(N)=O)CN1Cc1cc(C#N)ccc1F. The third-order valence-corrected chi connectivity index (χ3v) is 3.96. The average Bonchev–Trinajstić information content (AvgIpc) is 2.43. The van der Waals surface area contributed by atoms with E-state index in [4.69, 9.17) is 11.0 Å². The Balaban J connectivity index is 2.15. The molecule has 1 aliphatic heterocycles. The molecule has 0 aliphatic carbocycles. The summed E-state index contributed by atoms with van der Waals surface area (Å²) in [5.41, 5.74) is 6.29. The number of nitrogens with two attached hydrogens (primary N) is 1. The molecular formula is C15H18FN3O. The molecular weight excluding hydrogens is 257 g/mol. The molecule has 0 saturated carbocycles. The number of halogens is 1. The van der Waals surface area contributed by atoms with E-state index < -0.39 is 0 Å². The monoisotopic (exact) mass is 275 g/mol. The molecule has 1 aromatic carbocycles. The van der Waals surface area contributed by atoms with E-state index in [1.165, 1.54) is 12.1 Å². The third-order valence-electron chi connectivity index (χ3n) is 3.96. The standard InChI is InChI=1S/C15H18FN3O/c1-10-2-4-12(15(18)20)8-19(10)9-13-6-11(7-17)3-5-14(13)16/h3,5-6,10,12H,2,4,8-9H2,1H3,(H2,18,20). The number of nitriles is 1. The van der Waals surface area contributed by atoms with Crippen molar-refractivity contribution in [2.24, 2.45) is 11.7 Å². The van der Waals surface area contributed by atoms with Gasteiger partial charge in [0.2, 0.25) is 5.91 Å². The lowest BCUT2D eigenvalue weighted by molar-refractivity contribution is -0.124. The molecule has 0 aromatic heterocycles. The van der Waals surface area contributed by atoms with Gasteiger partial charge in [-0.25, -0.2) is 4.39 Å². The van der Waals surface area contributed by atoms with E-state index in [1.54, 1.807) is 6.07 Å². The van der Waals surface area contributed by atoms with Gasteiger partial charge in [-0.15, -0.1) is 0 Å². The second-order valence-electron chi connectivity index (χ2n) is 5.37. The molecule has 1 amide bonds. The van der Waals surface area contributed by atoms with Crippen molar-refractivity contribution >= 4 is 5.91 Å². The molecule has 1 heterocycles. The van der Waals surface area contributed by atoms with Crippen LogP contribution in [0.5, 0.6) is 0 Å². The van der Waals surface area contributed by atoms with E-state index in [0.717, 1.165) is 12.8 Å². The summed E-state index contributed by atoms with van der Waals surface area (Å²) in [5, 5.41) is 8.88. The minimum absolute atomic E-state index is 0.173. The first-order valence-corrected chi connectivity index (χ1v) is 6.73. The van der Waals surface area contributed by atoms with E-state index in [0.29, 0.717) is 24.2 Å². The lowest BCUT2D eigenvalue weighted by atomic mass is 9.92. The molecule has 106 valence electrons. The van der Waals surface area contributed by atoms with Crippen LogP contribution in [0.2, 0.25) is 0 Å². The van der Waals surface area contributed by atoms with Gasteiger partial charge in [-0.05, 0) is 38.0 Å². The van der Waals surface area contributed by atoms with Crippen molar-refractivity contribution in [2.75, 3.05) is 6.54 Å². The molecule has 20 heavy (non-hydrogen) atoms. The number of likely N-dealkylation sites (tertiary alicyclic amines) is 1. The lowest BCUT2D eigenvalue weighted by Gasteiger charge is -2.36. The number of amides is 1. The first-order valence-electron chi connectivity index (χ1n) is 6.73. The van der Waals surface area contributed by atoms with Crippen LogP contribution in [0, 0.1) is 23.1 Å². The van der Waals surface area contributed by atoms with Gasteiger partial charge in [0.15, 0.2) is 0 Å². The molecule has 2 N–H and O–H groups in total. The second kappa shape index (κ2) is 6.02. The molecule has 1 fully saturated rings. The van der Waals surface area contributed by atoms with E-state index in [2.05, 4.69) is 11.8 Å². The zero-order valence-corrected chi connectivity index (χ0v) is 11.5. The number of piperidine rings is 1. The molecule has 1 aromatic rings. The maximum absolute atomic E-state index is 13.8. The van der Waals surface area contributed by atoms with E-state index in [-0.39, 0.29) is 23.7 Å². The zero-order chi connectivity index (χ0) is 14.7. The Morgan fingerprint density at radius 3 is 2.95 bits per heavy atom. The Labute approximate surface area is 118 Å². The van der Waals surface area contributed by atoms with Gasteiger partial charge in [-0.1, -0.05) is 0 Å². The summed E-state index contributed by atoms with van der Waals surface area (Å²) in [6.07, 6.45) is 1.65. The summed E-state index contributed by atoms with van der Waals surface area (Å²) in [6, 6.07) is 6.63. The van der Waals surface area contributed by atoms with Crippen molar-refractivity contribution < 1.29 is 9.18 Å². The fraction of sp³-hybridized carbons (Fsp3) is 0.467. The number of hydrogen-bond donors (Lipinski definition) is 1. The van der Waals surface area contributed by atoms with Crippen LogP contribution in [-0.4, -0.2) is 23.4 Å². The minimum Gasteiger partial charge on any atom is -0.369 e. The fourth-order valence-electron chi connectivity index (χ4n) is 2.62. The van der Waals surface area contributed by atoms with Crippen LogP contribution in [0.4, 0.5) is 4.39 Å². The smallest absolute Gasteiger partial charge is 0.221 e. The number of carbonyl (C=O) groups excluding carboxylic acids is 1. The number of carbonyl (C=O) groups is 1. The molecule has 0 bridgehead atoms. The minimum atomic E-state index is -0.322. The first-order chi connectivity index (χ1) is 9.51. The van der Waals surface area contributed by atoms with Crippen molar-refractivity contribution in [3.63, 3.8) is 0 Å². The van der Waals surface area contributed by atoms with Gasteiger partial charge in [-0.2, -0.15) is 5.26 Å². The van der Waals surface area contributed by atoms with Crippen molar-refractivity contribution in [1.29, 1.82) is 5.26 Å². The number of primary amides is 1. The van der Waals surface area contributed by atoms with E-state index >= 15 is 0 Å². The normalized spacial score (nSPS) is 23.2. The van der Waals surface area contributed by atoms with Crippen LogP contribution in [-0.2, 0) is 11.3 Å². The summed E-state index contributed by atoms with van der Waals surface area (Å²) < 4.78 is 13.8. The molecule has 2 atom stereocenters. The molecule has 0 spiro atoms. The Bertz CT molecular complexity index is 553. The largest absolute Gasteiger partial charge is 0.369 e. The van der Waals surface area contributed by atoms with Crippen LogP contribution in [0.15, 0.2) is 18.2 Å². The Hall–Kier alpha value is -1.93. The molecule has 1 aliphatic rings. The molecule has 1 saturated heterocycles. The highest BCUT2D eigenvalue weighted by Crippen LogP contribution is 2.24. The summed E-state index contributed by atoms with van der Waals surface area (Å²) in [7, 11) is 0. The molecule has 2 rings (SSSR count). The zero-order valence-electron chi connectivity index (χ0n) is 11.5. The number of rotatable bonds is 3. The Morgan fingerprint density at radius 2 is 2.30 bits per heavy atom. The number of hydrogen-bond acceptors (Lipinski definition) is 3. The van der Waals surface area contributed by atoms with Gasteiger partial charge in [0.05, 0.1) is 17.6 Å². The fourth-order valence-corrected chi connectivity index (χ4v) is 2.62. The third kappa shape index (κ3) is 3.14. The first kappa shape index (κ1) is 14.5. The van der Waals surface area contributed by atoms with E-state index in [1.807, 2.05) is 6.07 Å². The molecule has 2 unspecified atom stereocenters. The summed E-state index contributed by atoms with van der Waals surface area (Å²) in [6.45, 7) is 3.00. The van der Waals surface area contributed by atoms with Crippen LogP contribution in [0.3, 0.4) is 0 Å². The Kier molecular flexibility index (Phi) is 4.35. The van der Waals surface area contributed by atoms with Crippen molar-refractivity contribution in [3.05, 3.63) is 35.1 Å². The predicted octanol–water partition coefficient (Wildman–Crippen LogP) is 1.78. The highest BCUT2D eigenvalue weighted by molar-refractivity contribution is 5.77. The lowest BCUT2D eigenvalue weighted by Crippen LogP contribution is -2.45. The molecule has 5 heteroatoms. The number of benzene rings is 1. The van der Waals surface area contributed by atoms with Gasteiger partial charge in [-0.3, -0.25) is 9.69 Å². The maximum Gasteiger partial charge on any atom is 0.221 e. The van der Waals surface area contributed by atoms with Gasteiger partial charge in [0.25, 0.3) is 0 Å². The van der Waals surface area contributed by atoms with Crippen molar-refractivity contribution in [2.45, 2.75) is 32.4 Å². The highest BCUT2D eigenvalue weighted by Gasteiger charge is 2.28. The van der Waals surface area contributed by atoms with Crippen LogP contribution in [0.25, 0.3) is 0 Å². The average molecular weight is 275 g/mol. The van der Waals surface area contributed by atoms with Crippen molar-refractivity contribution in [1.82, 2.24) is 4.90 Å². The molecule has 0 radical (unpaired) electrons. The van der Waals surface area contributed by atoms with Gasteiger partial charge >= 0.3 is 0 Å². The quantitative estimate of drug-likeness (QED) is 0.914. The molecule has 4 nitrogen and oxygen atoms in total. The summed E-state index contributed by atoms with van der Waals surface area (Å²) >= 11 is 0. The Morgan fingerprint density at radius 1 is 1.55 bits per heavy atom.